The molecule has 2 aromatic heterocycles. The van der Waals surface area contributed by atoms with E-state index in [1.165, 1.54) is 11.3 Å². The molecule has 6 heteroatoms. The van der Waals surface area contributed by atoms with Crippen molar-refractivity contribution in [2.24, 2.45) is 10.2 Å². The van der Waals surface area contributed by atoms with Crippen LogP contribution in [0, 0.1) is 0 Å². The normalized spacial score (nSPS) is 12.1. The molecule has 134 valence electrons. The zero-order valence-corrected chi connectivity index (χ0v) is 15.2. The first kappa shape index (κ1) is 17.1. The van der Waals surface area contributed by atoms with Gasteiger partial charge in [0.1, 0.15) is 11.5 Å². The molecule has 5 nitrogen and oxygen atoms in total. The van der Waals surface area contributed by atoms with E-state index >= 15 is 0 Å². The van der Waals surface area contributed by atoms with Gasteiger partial charge in [0, 0.05) is 5.38 Å². The number of furan rings is 1. The molecule has 4 rings (SSSR count). The van der Waals surface area contributed by atoms with E-state index < -0.39 is 0 Å². The average molecular weight is 375 g/mol. The molecule has 0 unspecified atom stereocenters. The molecule has 0 saturated carbocycles. The third-order valence-electron chi connectivity index (χ3n) is 4.00. The van der Waals surface area contributed by atoms with Crippen molar-refractivity contribution < 1.29 is 9.52 Å². The monoisotopic (exact) mass is 375 g/mol. The summed E-state index contributed by atoms with van der Waals surface area (Å²) < 4.78 is 7.61. The van der Waals surface area contributed by atoms with Crippen LogP contribution in [0.1, 0.15) is 11.3 Å². The van der Waals surface area contributed by atoms with Crippen LogP contribution in [0.5, 0.6) is 5.75 Å². The highest BCUT2D eigenvalue weighted by Gasteiger charge is 2.09. The molecular formula is C21H17N3O2S. The van der Waals surface area contributed by atoms with Crippen LogP contribution in [-0.2, 0) is 6.54 Å². The van der Waals surface area contributed by atoms with Crippen molar-refractivity contribution >= 4 is 17.6 Å². The number of aromatic hydroxyl groups is 1. The Morgan fingerprint density at radius 1 is 1.00 bits per heavy atom. The van der Waals surface area contributed by atoms with E-state index in [4.69, 9.17) is 4.42 Å². The van der Waals surface area contributed by atoms with E-state index in [-0.39, 0.29) is 5.75 Å². The Hall–Kier alpha value is -3.38. The van der Waals surface area contributed by atoms with Crippen LogP contribution < -0.4 is 4.80 Å². The van der Waals surface area contributed by atoms with Crippen LogP contribution in [0.25, 0.3) is 11.3 Å². The van der Waals surface area contributed by atoms with Crippen molar-refractivity contribution in [1.29, 1.82) is 0 Å². The van der Waals surface area contributed by atoms with E-state index in [1.807, 2.05) is 30.3 Å². The number of hydrogen-bond acceptors (Lipinski definition) is 5. The van der Waals surface area contributed by atoms with E-state index in [1.54, 1.807) is 36.7 Å². The van der Waals surface area contributed by atoms with Crippen molar-refractivity contribution in [1.82, 2.24) is 4.57 Å². The second kappa shape index (κ2) is 7.88. The van der Waals surface area contributed by atoms with Crippen LogP contribution in [0.4, 0.5) is 0 Å². The number of thiazole rings is 1. The third-order valence-corrected chi connectivity index (χ3v) is 4.86. The first-order chi connectivity index (χ1) is 13.3. The predicted molar refractivity (Wildman–Crippen MR) is 107 cm³/mol. The second-order valence-electron chi connectivity index (χ2n) is 5.87. The number of aromatic nitrogens is 1. The maximum Gasteiger partial charge on any atom is 0.211 e. The fraction of sp³-hybridized carbons (Fsp3) is 0.0476. The number of nitrogens with zero attached hydrogens (tertiary/aromatic N) is 3. The Morgan fingerprint density at radius 2 is 1.81 bits per heavy atom. The van der Waals surface area contributed by atoms with Gasteiger partial charge in [-0.1, -0.05) is 30.3 Å². The molecule has 0 aliphatic rings. The molecule has 4 aromatic rings. The zero-order valence-electron chi connectivity index (χ0n) is 14.4. The predicted octanol–water partition coefficient (Wildman–Crippen LogP) is 4.50. The van der Waals surface area contributed by atoms with E-state index in [0.29, 0.717) is 6.54 Å². The molecule has 2 aromatic carbocycles. The van der Waals surface area contributed by atoms with Crippen LogP contribution in [0.15, 0.2) is 93.0 Å². The Kier molecular flexibility index (Phi) is 4.98. The quantitative estimate of drug-likeness (QED) is 0.412. The number of hydrogen-bond donors (Lipinski definition) is 1. The largest absolute Gasteiger partial charge is 0.508 e. The van der Waals surface area contributed by atoms with Crippen molar-refractivity contribution in [3.63, 3.8) is 0 Å². The lowest BCUT2D eigenvalue weighted by molar-refractivity contribution is 0.475. The summed E-state index contributed by atoms with van der Waals surface area (Å²) in [5, 5.41) is 20.0. The minimum absolute atomic E-state index is 0.228. The van der Waals surface area contributed by atoms with Gasteiger partial charge < -0.3 is 14.1 Å². The molecule has 2 heterocycles. The minimum atomic E-state index is 0.228. The molecule has 0 bridgehead atoms. The summed E-state index contributed by atoms with van der Waals surface area (Å²) in [7, 11) is 0. The molecule has 0 atom stereocenters. The fourth-order valence-electron chi connectivity index (χ4n) is 2.67. The molecule has 0 saturated heterocycles. The first-order valence-electron chi connectivity index (χ1n) is 8.42. The van der Waals surface area contributed by atoms with Crippen molar-refractivity contribution in [2.75, 3.05) is 0 Å². The van der Waals surface area contributed by atoms with Crippen molar-refractivity contribution in [3.8, 4) is 17.0 Å². The van der Waals surface area contributed by atoms with E-state index in [9.17, 15) is 5.11 Å². The minimum Gasteiger partial charge on any atom is -0.508 e. The highest BCUT2D eigenvalue weighted by Crippen LogP contribution is 2.21. The number of phenols is 1. The smallest absolute Gasteiger partial charge is 0.211 e. The lowest BCUT2D eigenvalue weighted by Crippen LogP contribution is -2.16. The van der Waals surface area contributed by atoms with Crippen molar-refractivity contribution in [3.05, 3.63) is 94.5 Å². The molecule has 0 spiro atoms. The van der Waals surface area contributed by atoms with Gasteiger partial charge in [0.25, 0.3) is 0 Å². The number of benzene rings is 2. The van der Waals surface area contributed by atoms with Crippen LogP contribution in [-0.4, -0.2) is 15.9 Å². The SMILES string of the molecule is Oc1ccc(/C=N/N=c2/scc(-c3ccccc3)n2Cc2ccco2)cc1. The fourth-order valence-corrected chi connectivity index (χ4v) is 3.53. The average Bonchev–Trinajstić information content (AvgIpc) is 3.35. The maximum atomic E-state index is 9.35. The standard InChI is InChI=1S/C21H17N3O2S/c25-18-10-8-16(9-11-18)13-22-23-21-24(14-19-7-4-12-26-19)20(15-27-21)17-5-2-1-3-6-17/h1-13,15,25H,14H2/b22-13+,23-21+. The van der Waals surface area contributed by atoms with Gasteiger partial charge in [-0.2, -0.15) is 5.10 Å². The maximum absolute atomic E-state index is 9.35. The summed E-state index contributed by atoms with van der Waals surface area (Å²) in [4.78, 5) is 0.778. The highest BCUT2D eigenvalue weighted by atomic mass is 32.1. The molecule has 0 amide bonds. The van der Waals surface area contributed by atoms with Crippen LogP contribution >= 0.6 is 11.3 Å². The second-order valence-corrected chi connectivity index (χ2v) is 6.71. The summed E-state index contributed by atoms with van der Waals surface area (Å²) in [5.74, 6) is 1.08. The lowest BCUT2D eigenvalue weighted by atomic mass is 10.2. The Labute approximate surface area is 160 Å². The summed E-state index contributed by atoms with van der Waals surface area (Å²) in [6.07, 6.45) is 3.34. The molecule has 0 fully saturated rings. The number of rotatable bonds is 5. The Bertz CT molecular complexity index is 1090. The van der Waals surface area contributed by atoms with Gasteiger partial charge >= 0.3 is 0 Å². The van der Waals surface area contributed by atoms with Gasteiger partial charge in [-0.05, 0) is 47.5 Å². The van der Waals surface area contributed by atoms with Gasteiger partial charge in [0.05, 0.1) is 24.7 Å². The summed E-state index contributed by atoms with van der Waals surface area (Å²) in [6.45, 7) is 0.578. The molecule has 0 aliphatic heterocycles. The molecule has 27 heavy (non-hydrogen) atoms. The summed E-state index contributed by atoms with van der Waals surface area (Å²) in [6, 6.07) is 20.8. The van der Waals surface area contributed by atoms with Gasteiger partial charge in [-0.15, -0.1) is 16.4 Å². The summed E-state index contributed by atoms with van der Waals surface area (Å²) >= 11 is 1.53. The topological polar surface area (TPSA) is 63.0 Å². The van der Waals surface area contributed by atoms with Gasteiger partial charge in [-0.3, -0.25) is 0 Å². The molecule has 0 aliphatic carbocycles. The van der Waals surface area contributed by atoms with Gasteiger partial charge in [-0.25, -0.2) is 0 Å². The van der Waals surface area contributed by atoms with Crippen molar-refractivity contribution in [2.45, 2.75) is 6.54 Å². The zero-order chi connectivity index (χ0) is 18.5. The van der Waals surface area contributed by atoms with E-state index in [0.717, 1.165) is 27.4 Å². The van der Waals surface area contributed by atoms with Gasteiger partial charge in [0.2, 0.25) is 4.80 Å². The Morgan fingerprint density at radius 3 is 2.56 bits per heavy atom. The number of phenolic OH excluding ortho intramolecular Hbond substituents is 1. The van der Waals surface area contributed by atoms with Crippen LogP contribution in [0.2, 0.25) is 0 Å². The van der Waals surface area contributed by atoms with E-state index in [2.05, 4.69) is 32.3 Å². The third kappa shape index (κ3) is 4.07. The van der Waals surface area contributed by atoms with Crippen LogP contribution in [0.3, 0.4) is 0 Å². The lowest BCUT2D eigenvalue weighted by Gasteiger charge is -2.07. The molecular weight excluding hydrogens is 358 g/mol. The molecule has 0 radical (unpaired) electrons. The molecule has 1 N–H and O–H groups in total. The summed E-state index contributed by atoms with van der Waals surface area (Å²) in [5.41, 5.74) is 3.05. The van der Waals surface area contributed by atoms with Gasteiger partial charge in [0.15, 0.2) is 0 Å². The first-order valence-corrected chi connectivity index (χ1v) is 9.30. The Balaban J connectivity index is 1.71. The highest BCUT2D eigenvalue weighted by molar-refractivity contribution is 7.07.